The van der Waals surface area contributed by atoms with Gasteiger partial charge in [0.2, 0.25) is 5.91 Å². The molecule has 0 aliphatic carbocycles. The van der Waals surface area contributed by atoms with E-state index in [4.69, 9.17) is 0 Å². The normalized spacial score (nSPS) is 15.9. The number of anilines is 2. The number of nitrogens with one attached hydrogen (secondary N) is 1. The minimum Gasteiger partial charge on any atom is -0.373 e. The van der Waals surface area contributed by atoms with E-state index in [1.165, 1.54) is 0 Å². The van der Waals surface area contributed by atoms with Crippen molar-refractivity contribution in [1.29, 1.82) is 0 Å². The molecule has 0 bridgehead atoms. The molecule has 1 N–H and O–H groups in total. The summed E-state index contributed by atoms with van der Waals surface area (Å²) in [4.78, 5) is 19.6. The lowest BCUT2D eigenvalue weighted by atomic mass is 10.2. The molecule has 2 heterocycles. The number of carbonyl (C=O) groups is 1. The first-order valence-corrected chi connectivity index (χ1v) is 5.85. The van der Waals surface area contributed by atoms with Crippen LogP contribution in [-0.4, -0.2) is 49.0 Å². The summed E-state index contributed by atoms with van der Waals surface area (Å²) in [6, 6.07) is 4.02. The van der Waals surface area contributed by atoms with E-state index in [1.54, 1.807) is 6.92 Å². The molecular formula is C12H18N4O. The Morgan fingerprint density at radius 2 is 2.00 bits per heavy atom. The Hall–Kier alpha value is -1.78. The van der Waals surface area contributed by atoms with Crippen molar-refractivity contribution in [2.24, 2.45) is 0 Å². The fourth-order valence-electron chi connectivity index (χ4n) is 2.00. The van der Waals surface area contributed by atoms with Gasteiger partial charge in [-0.05, 0) is 12.1 Å². The van der Waals surface area contributed by atoms with Crippen LogP contribution in [0.15, 0.2) is 18.3 Å². The summed E-state index contributed by atoms with van der Waals surface area (Å²) >= 11 is 0. The molecule has 1 aliphatic heterocycles. The van der Waals surface area contributed by atoms with E-state index < -0.39 is 0 Å². The molecule has 1 saturated heterocycles. The van der Waals surface area contributed by atoms with E-state index in [2.05, 4.69) is 21.3 Å². The number of pyridine rings is 1. The molecule has 1 amide bonds. The maximum atomic E-state index is 11.2. The van der Waals surface area contributed by atoms with Crippen molar-refractivity contribution >= 4 is 17.4 Å². The zero-order valence-electron chi connectivity index (χ0n) is 10.3. The predicted molar refractivity (Wildman–Crippen MR) is 68.3 cm³/mol. The number of rotatable bonds is 2. The summed E-state index contributed by atoms with van der Waals surface area (Å²) in [5.41, 5.74) is 1.12. The van der Waals surface area contributed by atoms with Gasteiger partial charge in [0.25, 0.3) is 0 Å². The molecule has 0 saturated carbocycles. The highest BCUT2D eigenvalue weighted by Gasteiger charge is 2.18. The van der Waals surface area contributed by atoms with Gasteiger partial charge in [-0.25, -0.2) is 4.98 Å². The molecule has 1 aliphatic rings. The second-order valence-electron chi connectivity index (χ2n) is 4.14. The average Bonchev–Trinajstić information content (AvgIpc) is 2.39. The van der Waals surface area contributed by atoms with Gasteiger partial charge < -0.3 is 15.1 Å². The molecular weight excluding hydrogens is 216 g/mol. The fourth-order valence-corrected chi connectivity index (χ4v) is 2.00. The topological polar surface area (TPSA) is 48.5 Å². The zero-order valence-corrected chi connectivity index (χ0v) is 10.3. The third-order valence-corrected chi connectivity index (χ3v) is 3.09. The van der Waals surface area contributed by atoms with Crippen LogP contribution in [0.2, 0.25) is 0 Å². The lowest BCUT2D eigenvalue weighted by Crippen LogP contribution is -2.48. The molecule has 5 heteroatoms. The second-order valence-corrected chi connectivity index (χ2v) is 4.14. The van der Waals surface area contributed by atoms with Crippen LogP contribution < -0.4 is 10.2 Å². The van der Waals surface area contributed by atoms with Crippen molar-refractivity contribution < 1.29 is 4.79 Å². The van der Waals surface area contributed by atoms with E-state index in [1.807, 2.05) is 24.2 Å². The molecule has 0 radical (unpaired) electrons. The first-order chi connectivity index (χ1) is 8.20. The Morgan fingerprint density at radius 1 is 1.29 bits per heavy atom. The molecule has 2 rings (SSSR count). The van der Waals surface area contributed by atoms with Crippen molar-refractivity contribution in [3.8, 4) is 0 Å². The smallest absolute Gasteiger partial charge is 0.219 e. The molecule has 1 fully saturated rings. The average molecular weight is 234 g/mol. The monoisotopic (exact) mass is 234 g/mol. The van der Waals surface area contributed by atoms with E-state index in [9.17, 15) is 4.79 Å². The van der Waals surface area contributed by atoms with Crippen molar-refractivity contribution in [1.82, 2.24) is 9.88 Å². The maximum absolute atomic E-state index is 11.2. The van der Waals surface area contributed by atoms with Crippen LogP contribution in [-0.2, 0) is 4.79 Å². The maximum Gasteiger partial charge on any atom is 0.219 e. The zero-order chi connectivity index (χ0) is 12.3. The first-order valence-electron chi connectivity index (χ1n) is 5.85. The summed E-state index contributed by atoms with van der Waals surface area (Å²) in [5, 5.41) is 3.00. The van der Waals surface area contributed by atoms with E-state index in [0.29, 0.717) is 0 Å². The third-order valence-electron chi connectivity index (χ3n) is 3.09. The van der Waals surface area contributed by atoms with Crippen molar-refractivity contribution in [2.45, 2.75) is 6.92 Å². The highest BCUT2D eigenvalue weighted by Crippen LogP contribution is 2.16. The van der Waals surface area contributed by atoms with Gasteiger partial charge in [-0.1, -0.05) is 0 Å². The molecule has 1 aromatic heterocycles. The fraction of sp³-hybridized carbons (Fsp3) is 0.500. The summed E-state index contributed by atoms with van der Waals surface area (Å²) < 4.78 is 0. The van der Waals surface area contributed by atoms with Gasteiger partial charge in [0, 0.05) is 40.2 Å². The van der Waals surface area contributed by atoms with Gasteiger partial charge in [-0.2, -0.15) is 0 Å². The number of aromatic nitrogens is 1. The SMILES string of the molecule is CNc1ccc(N2CCN(C(C)=O)CC2)cn1. The minimum atomic E-state index is 0.160. The van der Waals surface area contributed by atoms with Gasteiger partial charge in [-0.3, -0.25) is 4.79 Å². The standard InChI is InChI=1S/C12H18N4O/c1-10(17)15-5-7-16(8-6-15)11-3-4-12(13-2)14-9-11/h3-4,9H,5-8H2,1-2H3,(H,13,14). The Labute approximate surface area is 101 Å². The van der Waals surface area contributed by atoms with Crippen LogP contribution in [0, 0.1) is 0 Å². The lowest BCUT2D eigenvalue weighted by Gasteiger charge is -2.35. The summed E-state index contributed by atoms with van der Waals surface area (Å²) in [7, 11) is 1.85. The molecule has 0 spiro atoms. The summed E-state index contributed by atoms with van der Waals surface area (Å²) in [5.74, 6) is 1.03. The summed E-state index contributed by atoms with van der Waals surface area (Å²) in [6.45, 7) is 4.96. The van der Waals surface area contributed by atoms with Gasteiger partial charge in [0.1, 0.15) is 5.82 Å². The largest absolute Gasteiger partial charge is 0.373 e. The molecule has 1 aromatic rings. The van der Waals surface area contributed by atoms with Crippen LogP contribution in [0.3, 0.4) is 0 Å². The molecule has 0 atom stereocenters. The van der Waals surface area contributed by atoms with E-state index in [-0.39, 0.29) is 5.91 Å². The number of piperazine rings is 1. The second kappa shape index (κ2) is 5.03. The molecule has 5 nitrogen and oxygen atoms in total. The molecule has 0 unspecified atom stereocenters. The van der Waals surface area contributed by atoms with Crippen molar-refractivity contribution in [3.05, 3.63) is 18.3 Å². The van der Waals surface area contributed by atoms with E-state index >= 15 is 0 Å². The molecule has 0 aromatic carbocycles. The number of amides is 1. The van der Waals surface area contributed by atoms with Crippen LogP contribution in [0.5, 0.6) is 0 Å². The molecule has 17 heavy (non-hydrogen) atoms. The van der Waals surface area contributed by atoms with Crippen LogP contribution >= 0.6 is 0 Å². The first kappa shape index (κ1) is 11.7. The highest BCUT2D eigenvalue weighted by atomic mass is 16.2. The Balaban J connectivity index is 1.97. The number of hydrogen-bond acceptors (Lipinski definition) is 4. The van der Waals surface area contributed by atoms with Gasteiger partial charge in [0.05, 0.1) is 11.9 Å². The predicted octanol–water partition coefficient (Wildman–Crippen LogP) is 0.792. The van der Waals surface area contributed by atoms with Crippen LogP contribution in [0.1, 0.15) is 6.92 Å². The van der Waals surface area contributed by atoms with E-state index in [0.717, 1.165) is 37.7 Å². The highest BCUT2D eigenvalue weighted by molar-refractivity contribution is 5.73. The van der Waals surface area contributed by atoms with Crippen molar-refractivity contribution in [2.75, 3.05) is 43.4 Å². The Morgan fingerprint density at radius 3 is 2.47 bits per heavy atom. The number of carbonyl (C=O) groups excluding carboxylic acids is 1. The Bertz CT molecular complexity index is 382. The van der Waals surface area contributed by atoms with Gasteiger partial charge >= 0.3 is 0 Å². The number of nitrogens with zero attached hydrogens (tertiary/aromatic N) is 3. The number of hydrogen-bond donors (Lipinski definition) is 1. The van der Waals surface area contributed by atoms with Crippen molar-refractivity contribution in [3.63, 3.8) is 0 Å². The minimum absolute atomic E-state index is 0.160. The van der Waals surface area contributed by atoms with Crippen LogP contribution in [0.4, 0.5) is 11.5 Å². The Kier molecular flexibility index (Phi) is 3.46. The van der Waals surface area contributed by atoms with Gasteiger partial charge in [-0.15, -0.1) is 0 Å². The third kappa shape index (κ3) is 2.67. The van der Waals surface area contributed by atoms with Gasteiger partial charge in [0.15, 0.2) is 0 Å². The van der Waals surface area contributed by atoms with Crippen LogP contribution in [0.25, 0.3) is 0 Å². The quantitative estimate of drug-likeness (QED) is 0.822. The molecule has 92 valence electrons. The summed E-state index contributed by atoms with van der Waals surface area (Å²) in [6.07, 6.45) is 1.87. The lowest BCUT2D eigenvalue weighted by molar-refractivity contribution is -0.129.